The van der Waals surface area contributed by atoms with Crippen molar-refractivity contribution in [1.29, 1.82) is 0 Å². The van der Waals surface area contributed by atoms with Crippen LogP contribution in [-0.4, -0.2) is 90.9 Å². The molecular weight excluding hydrogens is 409 g/mol. The van der Waals surface area contributed by atoms with Crippen LogP contribution in [0.15, 0.2) is 35.6 Å². The topological polar surface area (TPSA) is 61.2 Å². The average molecular weight is 446 g/mol. The van der Waals surface area contributed by atoms with E-state index in [1.807, 2.05) is 30.2 Å². The standard InChI is InChI=1S/C23H36FN7O/c1-6-25-23(26-15-21(28(2)3)19-14-27-29(4)17-19)31-11-9-30(10-12-31)16-18-7-8-22(32-5)20(24)13-18/h7-8,13-14,17,21H,6,9-12,15-16H2,1-5H3,(H,25,26). The number of likely N-dealkylation sites (N-methyl/N-ethyl adjacent to an activating group) is 1. The maximum atomic E-state index is 14.0. The van der Waals surface area contributed by atoms with Crippen molar-refractivity contribution in [3.8, 4) is 5.75 Å². The molecule has 1 unspecified atom stereocenters. The second-order valence-corrected chi connectivity index (χ2v) is 8.35. The third-order valence-corrected chi connectivity index (χ3v) is 5.78. The van der Waals surface area contributed by atoms with Gasteiger partial charge in [0.15, 0.2) is 17.5 Å². The second-order valence-electron chi connectivity index (χ2n) is 8.35. The monoisotopic (exact) mass is 445 g/mol. The molecular formula is C23H36FN7O. The molecule has 0 amide bonds. The zero-order valence-electron chi connectivity index (χ0n) is 19.9. The number of hydrogen-bond donors (Lipinski definition) is 1. The zero-order chi connectivity index (χ0) is 23.1. The fraction of sp³-hybridized carbons (Fsp3) is 0.565. The third kappa shape index (κ3) is 6.20. The van der Waals surface area contributed by atoms with Crippen LogP contribution in [-0.2, 0) is 13.6 Å². The SMILES string of the molecule is CCNC(=NCC(c1cnn(C)c1)N(C)C)N1CCN(Cc2ccc(OC)c(F)c2)CC1. The number of hydrogen-bond acceptors (Lipinski definition) is 5. The number of aryl methyl sites for hydroxylation is 1. The van der Waals surface area contributed by atoms with Crippen molar-refractivity contribution in [1.82, 2.24) is 29.8 Å². The first kappa shape index (κ1) is 24.0. The van der Waals surface area contributed by atoms with Gasteiger partial charge in [-0.3, -0.25) is 14.6 Å². The van der Waals surface area contributed by atoms with Gasteiger partial charge in [0.2, 0.25) is 0 Å². The molecule has 0 bridgehead atoms. The first-order valence-electron chi connectivity index (χ1n) is 11.1. The van der Waals surface area contributed by atoms with Crippen molar-refractivity contribution < 1.29 is 9.13 Å². The number of ether oxygens (including phenoxy) is 1. The Morgan fingerprint density at radius 2 is 2.03 bits per heavy atom. The number of aliphatic imine (C=N–C) groups is 1. The molecule has 1 aliphatic rings. The summed E-state index contributed by atoms with van der Waals surface area (Å²) in [4.78, 5) is 11.8. The lowest BCUT2D eigenvalue weighted by Gasteiger charge is -2.36. The number of nitrogens with one attached hydrogen (secondary N) is 1. The number of piperazine rings is 1. The van der Waals surface area contributed by atoms with Gasteiger partial charge in [-0.05, 0) is 38.7 Å². The molecule has 0 spiro atoms. The van der Waals surface area contributed by atoms with Crippen LogP contribution < -0.4 is 10.1 Å². The number of nitrogens with zero attached hydrogens (tertiary/aromatic N) is 6. The Morgan fingerprint density at radius 3 is 2.59 bits per heavy atom. The Bertz CT molecular complexity index is 890. The minimum atomic E-state index is -0.311. The summed E-state index contributed by atoms with van der Waals surface area (Å²) in [5.74, 6) is 0.917. The van der Waals surface area contributed by atoms with Crippen LogP contribution >= 0.6 is 0 Å². The van der Waals surface area contributed by atoms with Crippen molar-refractivity contribution in [3.63, 3.8) is 0 Å². The number of aromatic nitrogens is 2. The average Bonchev–Trinajstić information content (AvgIpc) is 3.19. The molecule has 176 valence electrons. The van der Waals surface area contributed by atoms with Gasteiger partial charge in [0.1, 0.15) is 0 Å². The summed E-state index contributed by atoms with van der Waals surface area (Å²) in [6.45, 7) is 7.86. The van der Waals surface area contributed by atoms with Gasteiger partial charge < -0.3 is 19.9 Å². The summed E-state index contributed by atoms with van der Waals surface area (Å²) < 4.78 is 20.8. The van der Waals surface area contributed by atoms with E-state index in [1.54, 1.807) is 12.1 Å². The number of halogens is 1. The van der Waals surface area contributed by atoms with Gasteiger partial charge in [-0.1, -0.05) is 6.07 Å². The van der Waals surface area contributed by atoms with E-state index in [-0.39, 0.29) is 17.6 Å². The van der Waals surface area contributed by atoms with Crippen molar-refractivity contribution in [2.24, 2.45) is 12.0 Å². The van der Waals surface area contributed by atoms with E-state index in [0.717, 1.165) is 56.4 Å². The van der Waals surface area contributed by atoms with E-state index < -0.39 is 0 Å². The first-order valence-corrected chi connectivity index (χ1v) is 11.1. The molecule has 0 aliphatic carbocycles. The van der Waals surface area contributed by atoms with E-state index in [0.29, 0.717) is 6.54 Å². The Balaban J connectivity index is 1.60. The quantitative estimate of drug-likeness (QED) is 0.495. The van der Waals surface area contributed by atoms with Crippen LogP contribution in [0, 0.1) is 5.82 Å². The molecule has 2 aromatic rings. The Labute approximate surface area is 190 Å². The Kier molecular flexibility index (Phi) is 8.46. The lowest BCUT2D eigenvalue weighted by Crippen LogP contribution is -2.52. The van der Waals surface area contributed by atoms with E-state index >= 15 is 0 Å². The molecule has 2 heterocycles. The fourth-order valence-electron chi connectivity index (χ4n) is 3.96. The molecule has 0 saturated carbocycles. The van der Waals surface area contributed by atoms with Crippen LogP contribution in [0.25, 0.3) is 0 Å². The highest BCUT2D eigenvalue weighted by molar-refractivity contribution is 5.80. The number of rotatable bonds is 8. The van der Waals surface area contributed by atoms with E-state index in [1.165, 1.54) is 7.11 Å². The lowest BCUT2D eigenvalue weighted by atomic mass is 10.1. The molecule has 1 aromatic carbocycles. The van der Waals surface area contributed by atoms with Crippen LogP contribution in [0.1, 0.15) is 24.1 Å². The minimum absolute atomic E-state index is 0.170. The van der Waals surface area contributed by atoms with Crippen LogP contribution in [0.3, 0.4) is 0 Å². The second kappa shape index (κ2) is 11.3. The highest BCUT2D eigenvalue weighted by Gasteiger charge is 2.21. The van der Waals surface area contributed by atoms with Gasteiger partial charge in [0.05, 0.1) is 25.9 Å². The largest absolute Gasteiger partial charge is 0.494 e. The van der Waals surface area contributed by atoms with Crippen LogP contribution in [0.5, 0.6) is 5.75 Å². The van der Waals surface area contributed by atoms with Gasteiger partial charge in [0.25, 0.3) is 0 Å². The number of methoxy groups -OCH3 is 1. The lowest BCUT2D eigenvalue weighted by molar-refractivity contribution is 0.172. The minimum Gasteiger partial charge on any atom is -0.494 e. The molecule has 0 radical (unpaired) electrons. The maximum absolute atomic E-state index is 14.0. The van der Waals surface area contributed by atoms with Gasteiger partial charge in [-0.25, -0.2) is 4.39 Å². The van der Waals surface area contributed by atoms with Gasteiger partial charge in [-0.15, -0.1) is 0 Å². The molecule has 3 rings (SSSR count). The molecule has 1 N–H and O–H groups in total. The summed E-state index contributed by atoms with van der Waals surface area (Å²) in [5, 5.41) is 7.75. The van der Waals surface area contributed by atoms with Crippen LogP contribution in [0.4, 0.5) is 4.39 Å². The van der Waals surface area contributed by atoms with Gasteiger partial charge in [-0.2, -0.15) is 5.10 Å². The van der Waals surface area contributed by atoms with Crippen molar-refractivity contribution in [3.05, 3.63) is 47.5 Å². The van der Waals surface area contributed by atoms with Gasteiger partial charge in [0, 0.05) is 58.1 Å². The normalized spacial score (nSPS) is 16.5. The van der Waals surface area contributed by atoms with Crippen molar-refractivity contribution in [2.75, 3.05) is 60.5 Å². The van der Waals surface area contributed by atoms with Crippen LogP contribution in [0.2, 0.25) is 0 Å². The summed E-state index contributed by atoms with van der Waals surface area (Å²) in [6.07, 6.45) is 3.96. The van der Waals surface area contributed by atoms with E-state index in [4.69, 9.17) is 9.73 Å². The Morgan fingerprint density at radius 1 is 1.28 bits per heavy atom. The van der Waals surface area contributed by atoms with Crippen molar-refractivity contribution in [2.45, 2.75) is 19.5 Å². The number of benzene rings is 1. The van der Waals surface area contributed by atoms with Gasteiger partial charge >= 0.3 is 0 Å². The molecule has 8 nitrogen and oxygen atoms in total. The molecule has 1 aliphatic heterocycles. The smallest absolute Gasteiger partial charge is 0.194 e. The molecule has 1 atom stereocenters. The fourth-order valence-corrected chi connectivity index (χ4v) is 3.96. The molecule has 1 fully saturated rings. The summed E-state index contributed by atoms with van der Waals surface area (Å²) >= 11 is 0. The molecule has 32 heavy (non-hydrogen) atoms. The first-order chi connectivity index (χ1) is 15.4. The molecule has 1 aromatic heterocycles. The Hall–Kier alpha value is -2.65. The number of guanidine groups is 1. The third-order valence-electron chi connectivity index (χ3n) is 5.78. The molecule has 1 saturated heterocycles. The highest BCUT2D eigenvalue weighted by Crippen LogP contribution is 2.20. The molecule has 9 heteroatoms. The predicted octanol–water partition coefficient (Wildman–Crippen LogP) is 1.95. The highest BCUT2D eigenvalue weighted by atomic mass is 19.1. The summed E-state index contributed by atoms with van der Waals surface area (Å²) in [7, 11) is 7.56. The summed E-state index contributed by atoms with van der Waals surface area (Å²) in [5.41, 5.74) is 2.12. The predicted molar refractivity (Wildman–Crippen MR) is 125 cm³/mol. The summed E-state index contributed by atoms with van der Waals surface area (Å²) in [6, 6.07) is 5.36. The van der Waals surface area contributed by atoms with E-state index in [9.17, 15) is 4.39 Å². The maximum Gasteiger partial charge on any atom is 0.194 e. The zero-order valence-corrected chi connectivity index (χ0v) is 19.9. The van der Waals surface area contributed by atoms with E-state index in [2.05, 4.69) is 46.1 Å². The van der Waals surface area contributed by atoms with Crippen molar-refractivity contribution >= 4 is 5.96 Å².